The smallest absolute Gasteiger partial charge is 0.264 e. The number of carbonyl (C=O) groups excluding carboxylic acids is 1. The van der Waals surface area contributed by atoms with Gasteiger partial charge in [-0.05, 0) is 36.3 Å². The van der Waals surface area contributed by atoms with Gasteiger partial charge in [0.15, 0.2) is 12.4 Å². The van der Waals surface area contributed by atoms with E-state index in [-0.39, 0.29) is 5.91 Å². The molecule has 3 nitrogen and oxygen atoms in total. The second kappa shape index (κ2) is 6.16. The Morgan fingerprint density at radius 1 is 1.16 bits per heavy atom. The first-order chi connectivity index (χ1) is 9.13. The van der Waals surface area contributed by atoms with E-state index in [9.17, 15) is 4.79 Å². The Balaban J connectivity index is 1.97. The number of benzene rings is 1. The van der Waals surface area contributed by atoms with Crippen molar-refractivity contribution in [2.45, 2.75) is 6.92 Å². The van der Waals surface area contributed by atoms with E-state index in [1.54, 1.807) is 35.3 Å². The summed E-state index contributed by atoms with van der Waals surface area (Å²) in [5.41, 5.74) is 4.78. The minimum atomic E-state index is -0.191. The number of nitrogens with zero attached hydrogens (tertiary/aromatic N) is 1. The molecule has 1 aromatic heterocycles. The second-order valence-corrected chi connectivity index (χ2v) is 4.58. The quantitative estimate of drug-likeness (QED) is 0.677. The lowest BCUT2D eigenvalue weighted by atomic mass is 10.2. The van der Waals surface area contributed by atoms with Crippen LogP contribution in [0.15, 0.2) is 54.9 Å². The van der Waals surface area contributed by atoms with Gasteiger partial charge < -0.3 is 0 Å². The van der Waals surface area contributed by atoms with Crippen LogP contribution in [0.2, 0.25) is 5.02 Å². The van der Waals surface area contributed by atoms with E-state index in [2.05, 4.69) is 5.43 Å². The van der Waals surface area contributed by atoms with Crippen molar-refractivity contribution in [1.82, 2.24) is 0 Å². The third-order valence-corrected chi connectivity index (χ3v) is 2.78. The molecule has 0 bridgehead atoms. The fraction of sp³-hybridized carbons (Fsp3) is 0.0667. The Morgan fingerprint density at radius 3 is 2.42 bits per heavy atom. The monoisotopic (exact) mass is 273 g/mol. The highest BCUT2D eigenvalue weighted by atomic mass is 35.5. The van der Waals surface area contributed by atoms with Gasteiger partial charge in [0.25, 0.3) is 5.91 Å². The number of pyridine rings is 1. The lowest BCUT2D eigenvalue weighted by Gasteiger charge is -1.96. The number of rotatable bonds is 3. The number of halogens is 1. The number of carbonyl (C=O) groups is 1. The zero-order valence-corrected chi connectivity index (χ0v) is 11.3. The maximum Gasteiger partial charge on any atom is 0.298 e. The molecule has 1 heterocycles. The predicted molar refractivity (Wildman–Crippen MR) is 76.2 cm³/mol. The largest absolute Gasteiger partial charge is 0.298 e. The Labute approximate surface area is 117 Å². The number of hydrogen-bond acceptors (Lipinski definition) is 1. The van der Waals surface area contributed by atoms with Crippen LogP contribution in [0.5, 0.6) is 0 Å². The summed E-state index contributed by atoms with van der Waals surface area (Å²) in [5.74, 6) is -0.191. The Kier molecular flexibility index (Phi) is 4.31. The molecular weight excluding hydrogens is 260 g/mol. The van der Waals surface area contributed by atoms with Crippen LogP contribution in [0.4, 0.5) is 0 Å². The lowest BCUT2D eigenvalue weighted by Crippen LogP contribution is -2.47. The average molecular weight is 274 g/mol. The van der Waals surface area contributed by atoms with Gasteiger partial charge in [0, 0.05) is 23.2 Å². The van der Waals surface area contributed by atoms with Crippen molar-refractivity contribution in [3.05, 3.63) is 71.0 Å². The summed E-state index contributed by atoms with van der Waals surface area (Å²) in [6.07, 6.45) is 6.81. The minimum Gasteiger partial charge on any atom is -0.264 e. The summed E-state index contributed by atoms with van der Waals surface area (Å²) in [6, 6.07) is 11.1. The van der Waals surface area contributed by atoms with Crippen molar-refractivity contribution in [3.8, 4) is 0 Å². The summed E-state index contributed by atoms with van der Waals surface area (Å²) < 4.78 is 1.61. The molecule has 0 radical (unpaired) electrons. The topological polar surface area (TPSA) is 33.0 Å². The maximum absolute atomic E-state index is 11.7. The standard InChI is InChI=1S/C15H13ClN2O/c1-12-8-10-18(11-9-12)17-15(19)7-4-13-2-5-14(16)6-3-13/h2-11H,1H3/p+1. The molecule has 19 heavy (non-hydrogen) atoms. The highest BCUT2D eigenvalue weighted by Gasteiger charge is 2.02. The number of aromatic nitrogens is 1. The summed E-state index contributed by atoms with van der Waals surface area (Å²) in [5, 5.41) is 0.678. The van der Waals surface area contributed by atoms with E-state index < -0.39 is 0 Å². The molecule has 0 saturated carbocycles. The summed E-state index contributed by atoms with van der Waals surface area (Å²) >= 11 is 5.79. The van der Waals surface area contributed by atoms with E-state index >= 15 is 0 Å². The highest BCUT2D eigenvalue weighted by Crippen LogP contribution is 2.10. The van der Waals surface area contributed by atoms with Gasteiger partial charge in [0.1, 0.15) is 0 Å². The number of amides is 1. The van der Waals surface area contributed by atoms with Crippen molar-refractivity contribution in [2.75, 3.05) is 5.43 Å². The van der Waals surface area contributed by atoms with Crippen molar-refractivity contribution in [2.24, 2.45) is 0 Å². The van der Waals surface area contributed by atoms with Crippen LogP contribution in [0.3, 0.4) is 0 Å². The molecule has 4 heteroatoms. The first kappa shape index (κ1) is 13.3. The Hall–Kier alpha value is -2.13. The van der Waals surface area contributed by atoms with Crippen molar-refractivity contribution in [1.29, 1.82) is 0 Å². The average Bonchev–Trinajstić information content (AvgIpc) is 2.41. The van der Waals surface area contributed by atoms with Crippen LogP contribution >= 0.6 is 11.6 Å². The predicted octanol–water partition coefficient (Wildman–Crippen LogP) is 2.72. The molecule has 0 fully saturated rings. The molecule has 0 unspecified atom stereocenters. The first-order valence-corrected chi connectivity index (χ1v) is 6.24. The molecule has 0 saturated heterocycles. The maximum atomic E-state index is 11.7. The SMILES string of the molecule is Cc1cc[n+](NC(=O)C=Cc2ccc(Cl)cc2)cc1. The normalized spacial score (nSPS) is 10.6. The molecule has 1 aromatic carbocycles. The van der Waals surface area contributed by atoms with Gasteiger partial charge in [-0.3, -0.25) is 4.79 Å². The third-order valence-electron chi connectivity index (χ3n) is 2.53. The summed E-state index contributed by atoms with van der Waals surface area (Å²) in [6.45, 7) is 1.99. The molecule has 0 aliphatic carbocycles. The molecule has 0 aliphatic heterocycles. The fourth-order valence-corrected chi connectivity index (χ4v) is 1.61. The molecular formula is C15H14ClN2O+. The molecule has 1 N–H and O–H groups in total. The zero-order chi connectivity index (χ0) is 13.7. The molecule has 0 aliphatic rings. The molecule has 0 atom stereocenters. The van der Waals surface area contributed by atoms with Gasteiger partial charge in [-0.15, -0.1) is 5.43 Å². The van der Waals surface area contributed by atoms with E-state index in [1.165, 1.54) is 6.08 Å². The van der Waals surface area contributed by atoms with Crippen LogP contribution in [-0.4, -0.2) is 5.91 Å². The van der Waals surface area contributed by atoms with Gasteiger partial charge in [0.05, 0.1) is 0 Å². The van der Waals surface area contributed by atoms with E-state index in [4.69, 9.17) is 11.6 Å². The molecule has 0 spiro atoms. The van der Waals surface area contributed by atoms with Crippen LogP contribution in [0, 0.1) is 6.92 Å². The van der Waals surface area contributed by atoms with Crippen LogP contribution < -0.4 is 10.1 Å². The van der Waals surface area contributed by atoms with Gasteiger partial charge in [-0.2, -0.15) is 0 Å². The van der Waals surface area contributed by atoms with E-state index in [0.717, 1.165) is 11.1 Å². The van der Waals surface area contributed by atoms with Gasteiger partial charge >= 0.3 is 0 Å². The molecule has 2 aromatic rings. The van der Waals surface area contributed by atoms with Gasteiger partial charge in [-0.25, -0.2) is 0 Å². The fourth-order valence-electron chi connectivity index (χ4n) is 1.49. The second-order valence-electron chi connectivity index (χ2n) is 4.14. The number of hydrogen-bond donors (Lipinski definition) is 1. The highest BCUT2D eigenvalue weighted by molar-refractivity contribution is 6.30. The van der Waals surface area contributed by atoms with E-state index in [1.807, 2.05) is 31.2 Å². The Morgan fingerprint density at radius 2 is 1.79 bits per heavy atom. The summed E-state index contributed by atoms with van der Waals surface area (Å²) in [4.78, 5) is 11.7. The van der Waals surface area contributed by atoms with Gasteiger partial charge in [0.2, 0.25) is 0 Å². The lowest BCUT2D eigenvalue weighted by molar-refractivity contribution is -0.642. The number of nitrogens with one attached hydrogen (secondary N) is 1. The first-order valence-electron chi connectivity index (χ1n) is 5.86. The van der Waals surface area contributed by atoms with Crippen molar-refractivity contribution in [3.63, 3.8) is 0 Å². The van der Waals surface area contributed by atoms with Crippen LogP contribution in [0.1, 0.15) is 11.1 Å². The zero-order valence-electron chi connectivity index (χ0n) is 10.5. The number of aryl methyl sites for hydroxylation is 1. The van der Waals surface area contributed by atoms with Crippen LogP contribution in [-0.2, 0) is 4.79 Å². The van der Waals surface area contributed by atoms with Crippen molar-refractivity contribution < 1.29 is 9.47 Å². The van der Waals surface area contributed by atoms with Crippen molar-refractivity contribution >= 4 is 23.6 Å². The molecule has 96 valence electrons. The van der Waals surface area contributed by atoms with Gasteiger partial charge in [-0.1, -0.05) is 28.4 Å². The van der Waals surface area contributed by atoms with Crippen LogP contribution in [0.25, 0.3) is 6.08 Å². The van der Waals surface area contributed by atoms with E-state index in [0.29, 0.717) is 5.02 Å². The summed E-state index contributed by atoms with van der Waals surface area (Å²) in [7, 11) is 0. The minimum absolute atomic E-state index is 0.191. The molecule has 2 rings (SSSR count). The Bertz CT molecular complexity index is 589. The third kappa shape index (κ3) is 4.23. The molecule has 1 amide bonds.